The van der Waals surface area contributed by atoms with Gasteiger partial charge in [-0.15, -0.1) is 0 Å². The fraction of sp³-hybridized carbons (Fsp3) is 0. The van der Waals surface area contributed by atoms with Crippen molar-refractivity contribution < 1.29 is 5.21 Å². The Labute approximate surface area is 152 Å². The number of benzene rings is 2. The van der Waals surface area contributed by atoms with Gasteiger partial charge in [-0.2, -0.15) is 0 Å². The van der Waals surface area contributed by atoms with Crippen molar-refractivity contribution >= 4 is 64.5 Å². The van der Waals surface area contributed by atoms with Crippen molar-refractivity contribution in [3.8, 4) is 0 Å². The lowest BCUT2D eigenvalue weighted by Crippen LogP contribution is -1.82. The van der Waals surface area contributed by atoms with Crippen LogP contribution in [0.25, 0.3) is 0 Å². The van der Waals surface area contributed by atoms with E-state index in [0.29, 0.717) is 15.1 Å². The predicted molar refractivity (Wildman–Crippen MR) is 97.8 cm³/mol. The Hall–Kier alpha value is -0.780. The number of rotatable bonds is 5. The maximum Gasteiger partial charge on any atom is 0.0864 e. The van der Waals surface area contributed by atoms with Crippen LogP contribution in [0.15, 0.2) is 72.7 Å². The SMILES string of the molecule is ON=CC(Cl)=C(Sc1ccc(Cl)cc1)Sc1ccc(Cl)cc1. The van der Waals surface area contributed by atoms with Crippen molar-refractivity contribution in [2.24, 2.45) is 5.16 Å². The number of hydrogen-bond acceptors (Lipinski definition) is 4. The zero-order valence-electron chi connectivity index (χ0n) is 11.0. The van der Waals surface area contributed by atoms with Crippen molar-refractivity contribution in [3.05, 3.63) is 67.8 Å². The van der Waals surface area contributed by atoms with Crippen molar-refractivity contribution in [1.82, 2.24) is 0 Å². The third-order valence-electron chi connectivity index (χ3n) is 2.41. The molecule has 2 aromatic rings. The molecule has 0 aliphatic rings. The van der Waals surface area contributed by atoms with Gasteiger partial charge >= 0.3 is 0 Å². The van der Waals surface area contributed by atoms with Gasteiger partial charge < -0.3 is 5.21 Å². The second kappa shape index (κ2) is 8.75. The van der Waals surface area contributed by atoms with Gasteiger partial charge in [0, 0.05) is 19.8 Å². The maximum absolute atomic E-state index is 8.69. The first kappa shape index (κ1) is 17.6. The third kappa shape index (κ3) is 5.45. The monoisotopic (exact) mass is 389 g/mol. The summed E-state index contributed by atoms with van der Waals surface area (Å²) < 4.78 is 0.782. The molecule has 0 spiro atoms. The second-order valence-corrected chi connectivity index (χ2v) is 7.70. The third-order valence-corrected chi connectivity index (χ3v) is 5.76. The molecule has 0 heterocycles. The molecule has 22 heavy (non-hydrogen) atoms. The van der Waals surface area contributed by atoms with Crippen LogP contribution in [0.1, 0.15) is 0 Å². The van der Waals surface area contributed by atoms with E-state index in [9.17, 15) is 0 Å². The summed E-state index contributed by atoms with van der Waals surface area (Å²) in [6, 6.07) is 14.8. The minimum Gasteiger partial charge on any atom is -0.411 e. The fourth-order valence-corrected chi connectivity index (χ4v) is 3.99. The largest absolute Gasteiger partial charge is 0.411 e. The van der Waals surface area contributed by atoms with Crippen LogP contribution in [0.2, 0.25) is 10.0 Å². The highest BCUT2D eigenvalue weighted by molar-refractivity contribution is 8.22. The van der Waals surface area contributed by atoms with Crippen LogP contribution >= 0.6 is 58.3 Å². The van der Waals surface area contributed by atoms with E-state index in [1.54, 1.807) is 0 Å². The van der Waals surface area contributed by atoms with E-state index in [4.69, 9.17) is 40.0 Å². The van der Waals surface area contributed by atoms with Gasteiger partial charge in [-0.3, -0.25) is 0 Å². The summed E-state index contributed by atoms with van der Waals surface area (Å²) in [6.45, 7) is 0. The van der Waals surface area contributed by atoms with E-state index < -0.39 is 0 Å². The predicted octanol–water partition coefficient (Wildman–Crippen LogP) is 6.75. The van der Waals surface area contributed by atoms with E-state index in [-0.39, 0.29) is 0 Å². The van der Waals surface area contributed by atoms with Gasteiger partial charge in [-0.05, 0) is 48.5 Å². The topological polar surface area (TPSA) is 32.6 Å². The molecule has 0 amide bonds. The number of oxime groups is 1. The van der Waals surface area contributed by atoms with Crippen LogP contribution in [0.5, 0.6) is 0 Å². The lowest BCUT2D eigenvalue weighted by Gasteiger charge is -2.08. The normalized spacial score (nSPS) is 10.9. The van der Waals surface area contributed by atoms with E-state index in [0.717, 1.165) is 14.0 Å². The van der Waals surface area contributed by atoms with Gasteiger partial charge in [0.1, 0.15) is 0 Å². The highest BCUT2D eigenvalue weighted by atomic mass is 35.5. The number of allylic oxidation sites excluding steroid dienone is 1. The first-order valence-electron chi connectivity index (χ1n) is 6.02. The number of thioether (sulfide) groups is 2. The summed E-state index contributed by atoms with van der Waals surface area (Å²) in [5.41, 5.74) is 0. The summed E-state index contributed by atoms with van der Waals surface area (Å²) in [4.78, 5) is 1.95. The summed E-state index contributed by atoms with van der Waals surface area (Å²) in [5, 5.41) is 13.4. The molecule has 0 radical (unpaired) electrons. The average Bonchev–Trinajstić information content (AvgIpc) is 2.51. The Morgan fingerprint density at radius 2 is 1.27 bits per heavy atom. The molecule has 0 bridgehead atoms. The van der Waals surface area contributed by atoms with Gasteiger partial charge in [0.05, 0.1) is 15.5 Å². The minimum atomic E-state index is 0.349. The van der Waals surface area contributed by atoms with E-state index in [1.165, 1.54) is 29.7 Å². The Balaban J connectivity index is 2.25. The molecule has 0 aliphatic carbocycles. The van der Waals surface area contributed by atoms with Crippen molar-refractivity contribution in [1.29, 1.82) is 0 Å². The number of nitrogens with zero attached hydrogens (tertiary/aromatic N) is 1. The lowest BCUT2D eigenvalue weighted by atomic mass is 10.4. The molecular formula is C15H10Cl3NOS2. The van der Waals surface area contributed by atoms with E-state index in [1.807, 2.05) is 48.5 Å². The quantitative estimate of drug-likeness (QED) is 0.265. The summed E-state index contributed by atoms with van der Waals surface area (Å²) >= 11 is 20.9. The molecule has 0 unspecified atom stereocenters. The number of halogens is 3. The van der Waals surface area contributed by atoms with Gasteiger partial charge in [0.2, 0.25) is 0 Å². The maximum atomic E-state index is 8.69. The number of hydrogen-bond donors (Lipinski definition) is 1. The van der Waals surface area contributed by atoms with Gasteiger partial charge in [-0.1, -0.05) is 63.5 Å². The molecule has 0 saturated heterocycles. The Kier molecular flexibility index (Phi) is 6.99. The standard InChI is InChI=1S/C15H10Cl3NOS2/c16-10-1-5-12(6-2-10)21-15(14(18)9-19-20)22-13-7-3-11(17)4-8-13/h1-9,20H. The molecule has 0 aromatic heterocycles. The molecule has 2 rings (SSSR count). The molecule has 114 valence electrons. The molecule has 0 saturated carbocycles. The minimum absolute atomic E-state index is 0.349. The Morgan fingerprint density at radius 3 is 1.64 bits per heavy atom. The smallest absolute Gasteiger partial charge is 0.0864 e. The first-order chi connectivity index (χ1) is 10.6. The zero-order valence-corrected chi connectivity index (χ0v) is 14.9. The van der Waals surface area contributed by atoms with Gasteiger partial charge in [-0.25, -0.2) is 0 Å². The molecule has 1 N–H and O–H groups in total. The summed E-state index contributed by atoms with van der Waals surface area (Å²) in [5.74, 6) is 0. The molecule has 2 nitrogen and oxygen atoms in total. The van der Waals surface area contributed by atoms with Crippen LogP contribution in [0.4, 0.5) is 0 Å². The molecule has 2 aromatic carbocycles. The van der Waals surface area contributed by atoms with Crippen molar-refractivity contribution in [2.75, 3.05) is 0 Å². The Bertz CT molecular complexity index is 635. The highest BCUT2D eigenvalue weighted by Crippen LogP contribution is 2.42. The first-order valence-corrected chi connectivity index (χ1v) is 8.79. The van der Waals surface area contributed by atoms with Crippen molar-refractivity contribution in [3.63, 3.8) is 0 Å². The summed E-state index contributed by atoms with van der Waals surface area (Å²) in [6.07, 6.45) is 1.20. The van der Waals surface area contributed by atoms with E-state index >= 15 is 0 Å². The lowest BCUT2D eigenvalue weighted by molar-refractivity contribution is 0.322. The van der Waals surface area contributed by atoms with Gasteiger partial charge in [0.15, 0.2) is 0 Å². The van der Waals surface area contributed by atoms with E-state index in [2.05, 4.69) is 5.16 Å². The molecule has 0 fully saturated rings. The molecular weight excluding hydrogens is 381 g/mol. The highest BCUT2D eigenvalue weighted by Gasteiger charge is 2.09. The van der Waals surface area contributed by atoms with Crippen LogP contribution in [0.3, 0.4) is 0 Å². The average molecular weight is 391 g/mol. The molecule has 7 heteroatoms. The molecule has 0 aliphatic heterocycles. The molecule has 0 atom stereocenters. The fourth-order valence-electron chi connectivity index (χ4n) is 1.44. The van der Waals surface area contributed by atoms with Crippen LogP contribution < -0.4 is 0 Å². The summed E-state index contributed by atoms with van der Waals surface area (Å²) in [7, 11) is 0. The Morgan fingerprint density at radius 1 is 0.864 bits per heavy atom. The van der Waals surface area contributed by atoms with Crippen molar-refractivity contribution in [2.45, 2.75) is 9.79 Å². The second-order valence-electron chi connectivity index (χ2n) is 3.99. The zero-order chi connectivity index (χ0) is 15.9. The van der Waals surface area contributed by atoms with Crippen LogP contribution in [-0.2, 0) is 0 Å². The van der Waals surface area contributed by atoms with Crippen LogP contribution in [0, 0.1) is 0 Å². The van der Waals surface area contributed by atoms with Crippen LogP contribution in [-0.4, -0.2) is 11.4 Å². The van der Waals surface area contributed by atoms with Gasteiger partial charge in [0.25, 0.3) is 0 Å².